The summed E-state index contributed by atoms with van der Waals surface area (Å²) < 4.78 is 1.74. The largest absolute Gasteiger partial charge is 0.386 e. The first-order chi connectivity index (χ1) is 13.2. The maximum atomic E-state index is 12.1. The molecule has 2 atom stereocenters. The summed E-state index contributed by atoms with van der Waals surface area (Å²) in [7, 11) is 0. The van der Waals surface area contributed by atoms with E-state index in [1.165, 1.54) is 0 Å². The number of carbonyl (C=O) groups is 1. The lowest BCUT2D eigenvalue weighted by Crippen LogP contribution is -2.26. The van der Waals surface area contributed by atoms with E-state index in [1.54, 1.807) is 4.57 Å². The molecule has 1 heterocycles. The summed E-state index contributed by atoms with van der Waals surface area (Å²) >= 11 is 0. The Hall–Kier alpha value is -3.44. The quantitative estimate of drug-likeness (QED) is 0.574. The van der Waals surface area contributed by atoms with E-state index in [2.05, 4.69) is 4.98 Å². The zero-order valence-corrected chi connectivity index (χ0v) is 14.6. The van der Waals surface area contributed by atoms with Crippen molar-refractivity contribution in [3.63, 3.8) is 0 Å². The number of aromatic nitrogens is 2. The Morgan fingerprint density at radius 3 is 2.04 bits per heavy atom. The summed E-state index contributed by atoms with van der Waals surface area (Å²) in [5.41, 5.74) is 8.64. The highest BCUT2D eigenvalue weighted by molar-refractivity contribution is 5.94. The standard InChI is InChI=1S/C22H19N3O2/c23-21(27)22-24-17-13-7-8-14-18(17)25(22)19(15-9-3-1-4-10-15)20(26)16-11-5-2-6-12-16/h1-14,19-20,26H,(H2,23,27)/t19-,20+/m1/s1. The minimum Gasteiger partial charge on any atom is -0.386 e. The fourth-order valence-corrected chi connectivity index (χ4v) is 3.46. The Morgan fingerprint density at radius 2 is 1.41 bits per heavy atom. The van der Waals surface area contributed by atoms with Gasteiger partial charge in [-0.15, -0.1) is 0 Å². The van der Waals surface area contributed by atoms with E-state index >= 15 is 0 Å². The highest BCUT2D eigenvalue weighted by Crippen LogP contribution is 2.36. The Morgan fingerprint density at radius 1 is 0.852 bits per heavy atom. The number of imidazole rings is 1. The number of hydrogen-bond acceptors (Lipinski definition) is 3. The predicted octanol–water partition coefficient (Wildman–Crippen LogP) is 3.46. The highest BCUT2D eigenvalue weighted by atomic mass is 16.3. The zero-order valence-electron chi connectivity index (χ0n) is 14.6. The summed E-state index contributed by atoms with van der Waals surface area (Å²) in [4.78, 5) is 16.6. The molecule has 3 N–H and O–H groups in total. The van der Waals surface area contributed by atoms with Gasteiger partial charge in [-0.2, -0.15) is 0 Å². The second kappa shape index (κ2) is 7.05. The zero-order chi connectivity index (χ0) is 18.8. The average molecular weight is 357 g/mol. The first-order valence-corrected chi connectivity index (χ1v) is 8.71. The van der Waals surface area contributed by atoms with Crippen molar-refractivity contribution in [1.29, 1.82) is 0 Å². The van der Waals surface area contributed by atoms with Gasteiger partial charge >= 0.3 is 0 Å². The molecule has 0 spiro atoms. The van der Waals surface area contributed by atoms with Gasteiger partial charge in [-0.1, -0.05) is 72.8 Å². The SMILES string of the molecule is NC(=O)c1nc2ccccc2n1[C@H](c1ccccc1)[C@@H](O)c1ccccc1. The van der Waals surface area contributed by atoms with Crippen LogP contribution in [0, 0.1) is 0 Å². The van der Waals surface area contributed by atoms with E-state index in [0.717, 1.165) is 16.6 Å². The molecule has 0 saturated heterocycles. The first-order valence-electron chi connectivity index (χ1n) is 8.71. The molecule has 4 aromatic rings. The molecule has 27 heavy (non-hydrogen) atoms. The van der Waals surface area contributed by atoms with Gasteiger partial charge in [0.1, 0.15) is 6.10 Å². The van der Waals surface area contributed by atoms with Gasteiger partial charge in [0, 0.05) is 0 Å². The second-order valence-electron chi connectivity index (χ2n) is 6.37. The van der Waals surface area contributed by atoms with Crippen LogP contribution in [0.4, 0.5) is 0 Å². The summed E-state index contributed by atoms with van der Waals surface area (Å²) in [6.07, 6.45) is -0.885. The lowest BCUT2D eigenvalue weighted by molar-refractivity contribution is 0.0969. The number of fused-ring (bicyclic) bond motifs is 1. The molecular formula is C22H19N3O2. The van der Waals surface area contributed by atoms with Crippen molar-refractivity contribution >= 4 is 16.9 Å². The minimum absolute atomic E-state index is 0.125. The van der Waals surface area contributed by atoms with Crippen LogP contribution in [-0.4, -0.2) is 20.6 Å². The average Bonchev–Trinajstić information content (AvgIpc) is 3.09. The maximum Gasteiger partial charge on any atom is 0.284 e. The number of primary amides is 1. The number of nitrogens with two attached hydrogens (primary N) is 1. The fourth-order valence-electron chi connectivity index (χ4n) is 3.46. The topological polar surface area (TPSA) is 81.1 Å². The number of hydrogen-bond donors (Lipinski definition) is 2. The number of benzene rings is 3. The summed E-state index contributed by atoms with van der Waals surface area (Å²) in [6.45, 7) is 0. The van der Waals surface area contributed by atoms with Gasteiger partial charge in [0.25, 0.3) is 5.91 Å². The number of aliphatic hydroxyl groups is 1. The van der Waals surface area contributed by atoms with Crippen molar-refractivity contribution in [3.8, 4) is 0 Å². The fraction of sp³-hybridized carbons (Fsp3) is 0.0909. The van der Waals surface area contributed by atoms with Gasteiger partial charge in [0.2, 0.25) is 0 Å². The molecule has 4 rings (SSSR count). The molecule has 1 amide bonds. The molecule has 3 aromatic carbocycles. The van der Waals surface area contributed by atoms with Gasteiger partial charge in [0.05, 0.1) is 17.1 Å². The predicted molar refractivity (Wildman–Crippen MR) is 104 cm³/mol. The Bertz CT molecular complexity index is 1070. The molecule has 0 bridgehead atoms. The van der Waals surface area contributed by atoms with Crippen LogP contribution in [0.25, 0.3) is 11.0 Å². The summed E-state index contributed by atoms with van der Waals surface area (Å²) in [5, 5.41) is 11.3. The lowest BCUT2D eigenvalue weighted by atomic mass is 9.95. The van der Waals surface area contributed by atoms with E-state index in [0.29, 0.717) is 5.52 Å². The van der Waals surface area contributed by atoms with Crippen LogP contribution in [0.15, 0.2) is 84.9 Å². The molecule has 5 heteroatoms. The minimum atomic E-state index is -0.885. The molecule has 0 aliphatic rings. The molecular weight excluding hydrogens is 338 g/mol. The number of para-hydroxylation sites is 2. The molecule has 0 radical (unpaired) electrons. The number of carbonyl (C=O) groups excluding carboxylic acids is 1. The van der Waals surface area contributed by atoms with Crippen molar-refractivity contribution in [3.05, 3.63) is 102 Å². The van der Waals surface area contributed by atoms with Crippen molar-refractivity contribution in [1.82, 2.24) is 9.55 Å². The molecule has 0 saturated carbocycles. The van der Waals surface area contributed by atoms with Crippen LogP contribution in [0.3, 0.4) is 0 Å². The normalized spacial score (nSPS) is 13.4. The van der Waals surface area contributed by atoms with Crippen LogP contribution in [0.1, 0.15) is 33.9 Å². The third-order valence-electron chi connectivity index (χ3n) is 4.68. The van der Waals surface area contributed by atoms with Crippen molar-refractivity contribution in [2.45, 2.75) is 12.1 Å². The number of amides is 1. The lowest BCUT2D eigenvalue weighted by Gasteiger charge is -2.27. The molecule has 0 unspecified atom stereocenters. The smallest absolute Gasteiger partial charge is 0.284 e. The maximum absolute atomic E-state index is 12.1. The number of nitrogens with zero attached hydrogens (tertiary/aromatic N) is 2. The first kappa shape index (κ1) is 17.0. The Kier molecular flexibility index (Phi) is 4.44. The number of aliphatic hydroxyl groups excluding tert-OH is 1. The Balaban J connectivity index is 1.99. The molecule has 0 aliphatic carbocycles. The van der Waals surface area contributed by atoms with E-state index in [-0.39, 0.29) is 5.82 Å². The molecule has 1 aromatic heterocycles. The van der Waals surface area contributed by atoms with Crippen molar-refractivity contribution in [2.24, 2.45) is 5.73 Å². The highest BCUT2D eigenvalue weighted by Gasteiger charge is 2.30. The molecule has 5 nitrogen and oxygen atoms in total. The molecule has 134 valence electrons. The third kappa shape index (κ3) is 3.09. The van der Waals surface area contributed by atoms with E-state index in [9.17, 15) is 9.90 Å². The summed E-state index contributed by atoms with van der Waals surface area (Å²) in [6, 6.07) is 25.8. The van der Waals surface area contributed by atoms with E-state index in [4.69, 9.17) is 5.73 Å². The Labute approximate surface area is 156 Å². The molecule has 0 fully saturated rings. The number of rotatable bonds is 5. The van der Waals surface area contributed by atoms with Crippen LogP contribution >= 0.6 is 0 Å². The van der Waals surface area contributed by atoms with E-state index in [1.807, 2.05) is 84.9 Å². The van der Waals surface area contributed by atoms with Crippen molar-refractivity contribution < 1.29 is 9.90 Å². The summed E-state index contributed by atoms with van der Waals surface area (Å²) in [5.74, 6) is -0.507. The second-order valence-corrected chi connectivity index (χ2v) is 6.37. The monoisotopic (exact) mass is 357 g/mol. The van der Waals surface area contributed by atoms with Crippen LogP contribution in [0.2, 0.25) is 0 Å². The van der Waals surface area contributed by atoms with Gasteiger partial charge in [-0.25, -0.2) is 4.98 Å². The van der Waals surface area contributed by atoms with Crippen LogP contribution in [0.5, 0.6) is 0 Å². The van der Waals surface area contributed by atoms with Gasteiger partial charge < -0.3 is 15.4 Å². The van der Waals surface area contributed by atoms with Gasteiger partial charge in [-0.05, 0) is 23.3 Å². The third-order valence-corrected chi connectivity index (χ3v) is 4.68. The van der Waals surface area contributed by atoms with Gasteiger partial charge in [-0.3, -0.25) is 4.79 Å². The van der Waals surface area contributed by atoms with Gasteiger partial charge in [0.15, 0.2) is 5.82 Å². The van der Waals surface area contributed by atoms with E-state index < -0.39 is 18.1 Å². The van der Waals surface area contributed by atoms with Crippen LogP contribution in [-0.2, 0) is 0 Å². The molecule has 0 aliphatic heterocycles. The van der Waals surface area contributed by atoms with Crippen molar-refractivity contribution in [2.75, 3.05) is 0 Å². The van der Waals surface area contributed by atoms with Crippen LogP contribution < -0.4 is 5.73 Å².